The largest absolute Gasteiger partial charge is 0.456 e. The van der Waals surface area contributed by atoms with Crippen molar-refractivity contribution in [2.45, 2.75) is 0 Å². The lowest BCUT2D eigenvalue weighted by Crippen LogP contribution is -2.10. The second-order valence-electron chi connectivity index (χ2n) is 14.9. The average molecular weight is 759 g/mol. The van der Waals surface area contributed by atoms with Gasteiger partial charge in [-0.2, -0.15) is 0 Å². The molecule has 9 aromatic carbocycles. The molecule has 0 N–H and O–H groups in total. The van der Waals surface area contributed by atoms with Gasteiger partial charge in [0.25, 0.3) is 0 Å². The first-order chi connectivity index (χ1) is 28.8. The Morgan fingerprint density at radius 2 is 1.02 bits per heavy atom. The molecule has 0 aliphatic heterocycles. The van der Waals surface area contributed by atoms with Gasteiger partial charge in [0.05, 0.1) is 22.4 Å². The number of para-hydroxylation sites is 3. The highest BCUT2D eigenvalue weighted by Gasteiger charge is 2.21. The molecule has 0 unspecified atom stereocenters. The highest BCUT2D eigenvalue weighted by molar-refractivity contribution is 7.26. The Kier molecular flexibility index (Phi) is 7.40. The molecule has 12 rings (SSSR count). The summed E-state index contributed by atoms with van der Waals surface area (Å²) >= 11 is 1.84. The van der Waals surface area contributed by atoms with E-state index >= 15 is 0 Å². The van der Waals surface area contributed by atoms with Gasteiger partial charge in [0, 0.05) is 64.7 Å². The summed E-state index contributed by atoms with van der Waals surface area (Å²) in [5.74, 6) is 0. The van der Waals surface area contributed by atoms with Crippen molar-refractivity contribution in [3.63, 3.8) is 0 Å². The molecule has 0 radical (unpaired) electrons. The van der Waals surface area contributed by atoms with Crippen molar-refractivity contribution in [2.24, 2.45) is 0 Å². The van der Waals surface area contributed by atoms with E-state index in [9.17, 15) is 0 Å². The van der Waals surface area contributed by atoms with Crippen molar-refractivity contribution in [3.05, 3.63) is 206 Å². The maximum Gasteiger partial charge on any atom is 0.137 e. The number of anilines is 3. The van der Waals surface area contributed by atoms with Crippen LogP contribution in [0.4, 0.5) is 17.1 Å². The Labute approximate surface area is 338 Å². The van der Waals surface area contributed by atoms with Crippen LogP contribution in [0, 0.1) is 0 Å². The number of hydrogen-bond acceptors (Lipinski definition) is 3. The Hall–Kier alpha value is -7.40. The zero-order chi connectivity index (χ0) is 38.2. The van der Waals surface area contributed by atoms with Crippen LogP contribution in [0.5, 0.6) is 0 Å². The normalized spacial score (nSPS) is 11.8. The molecule has 58 heavy (non-hydrogen) atoms. The SMILES string of the molecule is c1ccc(-c2ccc(-c3ccc(N(c4ccc5c(c4)oc4ccccc45)c4cccc5sc6ccccc6c45)cc3)cc2-n2c3ccccc3c3ccccc32)cc1. The number of furan rings is 1. The Morgan fingerprint density at radius 3 is 1.81 bits per heavy atom. The molecule has 0 aliphatic carbocycles. The van der Waals surface area contributed by atoms with Crippen LogP contribution >= 0.6 is 11.3 Å². The average Bonchev–Trinajstić information content (AvgIpc) is 3.97. The summed E-state index contributed by atoms with van der Waals surface area (Å²) in [5.41, 5.74) is 13.3. The zero-order valence-electron chi connectivity index (χ0n) is 31.3. The number of thiophene rings is 1. The van der Waals surface area contributed by atoms with Crippen LogP contribution in [-0.2, 0) is 0 Å². The van der Waals surface area contributed by atoms with Crippen molar-refractivity contribution in [2.75, 3.05) is 4.90 Å². The zero-order valence-corrected chi connectivity index (χ0v) is 32.2. The van der Waals surface area contributed by atoms with Gasteiger partial charge in [-0.15, -0.1) is 11.3 Å². The van der Waals surface area contributed by atoms with Crippen LogP contribution < -0.4 is 4.90 Å². The van der Waals surface area contributed by atoms with Crippen LogP contribution in [0.15, 0.2) is 211 Å². The molecule has 3 heterocycles. The van der Waals surface area contributed by atoms with Gasteiger partial charge in [-0.1, -0.05) is 133 Å². The first-order valence-corrected chi connectivity index (χ1v) is 20.5. The summed E-state index contributed by atoms with van der Waals surface area (Å²) in [6, 6.07) is 74.5. The topological polar surface area (TPSA) is 21.3 Å². The second-order valence-corrected chi connectivity index (χ2v) is 16.0. The van der Waals surface area contributed by atoms with E-state index in [4.69, 9.17) is 4.42 Å². The maximum absolute atomic E-state index is 6.44. The smallest absolute Gasteiger partial charge is 0.137 e. The van der Waals surface area contributed by atoms with Crippen molar-refractivity contribution in [3.8, 4) is 27.9 Å². The summed E-state index contributed by atoms with van der Waals surface area (Å²) in [6.45, 7) is 0. The Balaban J connectivity index is 1.04. The Bertz CT molecular complexity index is 3460. The highest BCUT2D eigenvalue weighted by Crippen LogP contribution is 2.46. The fraction of sp³-hybridized carbons (Fsp3) is 0. The third-order valence-corrected chi connectivity index (χ3v) is 12.7. The number of benzene rings is 9. The molecule has 12 aromatic rings. The summed E-state index contributed by atoms with van der Waals surface area (Å²) in [6.07, 6.45) is 0. The number of hydrogen-bond donors (Lipinski definition) is 0. The predicted molar refractivity (Wildman–Crippen MR) is 247 cm³/mol. The van der Waals surface area contributed by atoms with Crippen LogP contribution in [0.1, 0.15) is 0 Å². The molecule has 0 bridgehead atoms. The molecule has 3 nitrogen and oxygen atoms in total. The second kappa shape index (κ2) is 13.1. The molecular formula is C54H34N2OS. The van der Waals surface area contributed by atoms with E-state index in [1.165, 1.54) is 53.1 Å². The van der Waals surface area contributed by atoms with Crippen molar-refractivity contribution < 1.29 is 4.42 Å². The molecule has 0 saturated carbocycles. The van der Waals surface area contributed by atoms with Gasteiger partial charge in [0.2, 0.25) is 0 Å². The Morgan fingerprint density at radius 1 is 0.397 bits per heavy atom. The summed E-state index contributed by atoms with van der Waals surface area (Å²) in [4.78, 5) is 2.39. The monoisotopic (exact) mass is 758 g/mol. The number of nitrogens with zero attached hydrogens (tertiary/aromatic N) is 2. The van der Waals surface area contributed by atoms with E-state index in [0.29, 0.717) is 0 Å². The van der Waals surface area contributed by atoms with Crippen LogP contribution in [0.25, 0.3) is 91.9 Å². The van der Waals surface area contributed by atoms with E-state index in [0.717, 1.165) is 55.8 Å². The molecule has 0 aliphatic rings. The van der Waals surface area contributed by atoms with Gasteiger partial charge < -0.3 is 13.9 Å². The molecule has 4 heteroatoms. The van der Waals surface area contributed by atoms with Crippen LogP contribution in [-0.4, -0.2) is 4.57 Å². The summed E-state index contributed by atoms with van der Waals surface area (Å²) < 4.78 is 11.4. The van der Waals surface area contributed by atoms with Crippen molar-refractivity contribution in [1.29, 1.82) is 0 Å². The highest BCUT2D eigenvalue weighted by atomic mass is 32.1. The molecule has 0 saturated heterocycles. The van der Waals surface area contributed by atoms with Gasteiger partial charge >= 0.3 is 0 Å². The molecule has 0 amide bonds. The van der Waals surface area contributed by atoms with Crippen LogP contribution in [0.3, 0.4) is 0 Å². The van der Waals surface area contributed by atoms with Gasteiger partial charge in [0.1, 0.15) is 11.2 Å². The quantitative estimate of drug-likeness (QED) is 0.168. The third kappa shape index (κ3) is 5.12. The van der Waals surface area contributed by atoms with Crippen molar-refractivity contribution >= 4 is 92.3 Å². The first kappa shape index (κ1) is 32.8. The summed E-state index contributed by atoms with van der Waals surface area (Å²) in [5, 5.41) is 7.27. The molecule has 272 valence electrons. The van der Waals surface area contributed by atoms with Gasteiger partial charge in [-0.25, -0.2) is 0 Å². The minimum atomic E-state index is 0.874. The predicted octanol–water partition coefficient (Wildman–Crippen LogP) is 15.9. The number of fused-ring (bicyclic) bond motifs is 9. The van der Waals surface area contributed by atoms with Crippen LogP contribution in [0.2, 0.25) is 0 Å². The van der Waals surface area contributed by atoms with Gasteiger partial charge in [-0.3, -0.25) is 0 Å². The summed E-state index contributed by atoms with van der Waals surface area (Å²) in [7, 11) is 0. The number of aromatic nitrogens is 1. The molecule has 0 spiro atoms. The van der Waals surface area contributed by atoms with E-state index in [2.05, 4.69) is 204 Å². The minimum Gasteiger partial charge on any atom is -0.456 e. The molecule has 0 fully saturated rings. The molecule has 0 atom stereocenters. The van der Waals surface area contributed by atoms with E-state index in [1.54, 1.807) is 0 Å². The lowest BCUT2D eigenvalue weighted by molar-refractivity contribution is 0.669. The fourth-order valence-corrected chi connectivity index (χ4v) is 10.1. The first-order valence-electron chi connectivity index (χ1n) is 19.7. The van der Waals surface area contributed by atoms with E-state index < -0.39 is 0 Å². The van der Waals surface area contributed by atoms with Gasteiger partial charge in [-0.05, 0) is 83.4 Å². The lowest BCUT2D eigenvalue weighted by atomic mass is 9.97. The minimum absolute atomic E-state index is 0.874. The standard InChI is InChI=1S/C54H34N2OS/c1-2-13-36(14-3-1)40-31-27-37(33-49(40)56-46-19-8-4-15-41(46)42-16-5-9-20-47(42)56)35-25-28-38(29-26-35)55(39-30-32-44-43-17-6-10-22-50(43)57-51(44)34-39)48-21-12-24-53-54(48)45-18-7-11-23-52(45)58-53/h1-34H. The lowest BCUT2D eigenvalue weighted by Gasteiger charge is -2.26. The third-order valence-electron chi connectivity index (χ3n) is 11.6. The van der Waals surface area contributed by atoms with Gasteiger partial charge in [0.15, 0.2) is 0 Å². The number of rotatable bonds is 6. The molecular weight excluding hydrogens is 725 g/mol. The molecule has 3 aromatic heterocycles. The van der Waals surface area contributed by atoms with E-state index in [1.807, 2.05) is 23.5 Å². The maximum atomic E-state index is 6.44. The fourth-order valence-electron chi connectivity index (χ4n) is 8.97. The van der Waals surface area contributed by atoms with Crippen molar-refractivity contribution in [1.82, 2.24) is 4.57 Å². The van der Waals surface area contributed by atoms with E-state index in [-0.39, 0.29) is 0 Å².